The maximum absolute atomic E-state index is 11.9. The van der Waals surface area contributed by atoms with Crippen molar-refractivity contribution in [3.63, 3.8) is 0 Å². The van der Waals surface area contributed by atoms with Crippen LogP contribution in [0.3, 0.4) is 0 Å². The van der Waals surface area contributed by atoms with E-state index in [9.17, 15) is 4.79 Å². The maximum atomic E-state index is 11.9. The lowest BCUT2D eigenvalue weighted by molar-refractivity contribution is -0.142. The molecule has 7 nitrogen and oxygen atoms in total. The van der Waals surface area contributed by atoms with E-state index >= 15 is 0 Å². The van der Waals surface area contributed by atoms with Gasteiger partial charge in [0.15, 0.2) is 6.29 Å². The number of hydrogen-bond acceptors (Lipinski definition) is 8. The molecule has 3 heterocycles. The van der Waals surface area contributed by atoms with Crippen molar-refractivity contribution in [3.8, 4) is 11.3 Å². The summed E-state index contributed by atoms with van der Waals surface area (Å²) in [7, 11) is 5.88. The van der Waals surface area contributed by atoms with Crippen LogP contribution >= 0.6 is 11.3 Å². The molecule has 0 spiro atoms. The van der Waals surface area contributed by atoms with Crippen LogP contribution in [0.25, 0.3) is 16.8 Å². The minimum absolute atomic E-state index is 0.0482. The van der Waals surface area contributed by atoms with Gasteiger partial charge in [0.05, 0.1) is 12.2 Å². The number of oxazole rings is 1. The van der Waals surface area contributed by atoms with Crippen LogP contribution in [0.2, 0.25) is 0 Å². The number of aromatic nitrogens is 1. The number of allylic oxidation sites excluding steroid dienone is 1. The lowest BCUT2D eigenvalue weighted by atomic mass is 10.2. The highest BCUT2D eigenvalue weighted by molar-refractivity contribution is 7.08. The lowest BCUT2D eigenvalue weighted by Gasteiger charge is -2.31. The second kappa shape index (κ2) is 7.84. The molecular formula is C18H22N4O3S. The van der Waals surface area contributed by atoms with E-state index in [0.717, 1.165) is 11.1 Å². The van der Waals surface area contributed by atoms with E-state index in [2.05, 4.69) is 9.98 Å². The largest absolute Gasteiger partial charge is 0.466 e. The highest BCUT2D eigenvalue weighted by atomic mass is 32.1. The van der Waals surface area contributed by atoms with Crippen molar-refractivity contribution in [2.75, 3.05) is 27.7 Å². The first-order chi connectivity index (χ1) is 12.5. The van der Waals surface area contributed by atoms with Crippen LogP contribution in [0.15, 0.2) is 32.4 Å². The van der Waals surface area contributed by atoms with E-state index in [1.54, 1.807) is 24.5 Å². The number of aliphatic imine (C=N–C) groups is 1. The topological polar surface area (TPSA) is 71.2 Å². The molecular weight excluding hydrogens is 352 g/mol. The van der Waals surface area contributed by atoms with Gasteiger partial charge in [-0.25, -0.2) is 4.98 Å². The van der Waals surface area contributed by atoms with Gasteiger partial charge in [-0.1, -0.05) is 0 Å². The van der Waals surface area contributed by atoms with Crippen LogP contribution in [-0.4, -0.2) is 61.0 Å². The summed E-state index contributed by atoms with van der Waals surface area (Å²) < 4.78 is 11.0. The standard InChI is InChI=1S/C18H22N4O3S/c1-5-24-15(23)8-14-16(12-6-7-26-11-12)20-17(25-14)13-9-19-18(21(2)3)22(4)10-13/h6-7,9-11,18H,5,8H2,1-4H3. The third kappa shape index (κ3) is 3.86. The Morgan fingerprint density at radius 2 is 2.27 bits per heavy atom. The minimum atomic E-state index is -0.331. The van der Waals surface area contributed by atoms with Gasteiger partial charge < -0.3 is 14.1 Å². The average Bonchev–Trinajstić information content (AvgIpc) is 3.24. The molecule has 26 heavy (non-hydrogen) atoms. The third-order valence-electron chi connectivity index (χ3n) is 3.86. The molecule has 0 fully saturated rings. The van der Waals surface area contributed by atoms with Crippen molar-refractivity contribution in [2.45, 2.75) is 19.6 Å². The Morgan fingerprint density at radius 3 is 2.88 bits per heavy atom. The number of carbonyl (C=O) groups is 1. The predicted octanol–water partition coefficient (Wildman–Crippen LogP) is 2.71. The number of ether oxygens (including phenoxy) is 1. The Bertz CT molecular complexity index is 824. The zero-order valence-electron chi connectivity index (χ0n) is 15.3. The number of thiophene rings is 1. The van der Waals surface area contributed by atoms with Crippen molar-refractivity contribution in [1.29, 1.82) is 0 Å². The first-order valence-corrected chi connectivity index (χ1v) is 9.25. The molecule has 0 aromatic carbocycles. The third-order valence-corrected chi connectivity index (χ3v) is 4.55. The number of carbonyl (C=O) groups excluding carboxylic acids is 1. The second-order valence-corrected chi connectivity index (χ2v) is 6.90. The fraction of sp³-hybridized carbons (Fsp3) is 0.389. The van der Waals surface area contributed by atoms with Crippen LogP contribution in [0.1, 0.15) is 18.6 Å². The Labute approximate surface area is 156 Å². The Morgan fingerprint density at radius 1 is 1.46 bits per heavy atom. The number of hydrogen-bond donors (Lipinski definition) is 0. The van der Waals surface area contributed by atoms with Gasteiger partial charge in [-0.3, -0.25) is 14.7 Å². The molecule has 8 heteroatoms. The molecule has 0 amide bonds. The minimum Gasteiger partial charge on any atom is -0.466 e. The molecule has 2 aromatic heterocycles. The highest BCUT2D eigenvalue weighted by Gasteiger charge is 2.23. The van der Waals surface area contributed by atoms with Crippen molar-refractivity contribution in [1.82, 2.24) is 14.8 Å². The van der Waals surface area contributed by atoms with E-state index in [0.29, 0.717) is 24.0 Å². The zero-order chi connectivity index (χ0) is 18.7. The molecule has 1 atom stereocenters. The number of esters is 1. The van der Waals surface area contributed by atoms with Crippen LogP contribution in [0.4, 0.5) is 0 Å². The summed E-state index contributed by atoms with van der Waals surface area (Å²) >= 11 is 1.57. The van der Waals surface area contributed by atoms with Crippen LogP contribution < -0.4 is 0 Å². The van der Waals surface area contributed by atoms with Crippen LogP contribution in [-0.2, 0) is 16.0 Å². The summed E-state index contributed by atoms with van der Waals surface area (Å²) in [5.74, 6) is 0.615. The fourth-order valence-corrected chi connectivity index (χ4v) is 3.38. The van der Waals surface area contributed by atoms with E-state index in [-0.39, 0.29) is 18.7 Å². The Hall–Kier alpha value is -2.45. The van der Waals surface area contributed by atoms with Crippen molar-refractivity contribution in [3.05, 3.63) is 34.7 Å². The summed E-state index contributed by atoms with van der Waals surface area (Å²) in [4.78, 5) is 25.1. The van der Waals surface area contributed by atoms with Gasteiger partial charge in [0.1, 0.15) is 17.9 Å². The van der Waals surface area contributed by atoms with Gasteiger partial charge in [0.2, 0.25) is 5.89 Å². The normalized spacial score (nSPS) is 16.9. The Balaban J connectivity index is 1.93. The average molecular weight is 374 g/mol. The Kier molecular flexibility index (Phi) is 5.53. The smallest absolute Gasteiger partial charge is 0.313 e. The zero-order valence-corrected chi connectivity index (χ0v) is 16.1. The summed E-state index contributed by atoms with van der Waals surface area (Å²) in [5.41, 5.74) is 2.36. The molecule has 138 valence electrons. The summed E-state index contributed by atoms with van der Waals surface area (Å²) in [6.45, 7) is 2.12. The maximum Gasteiger partial charge on any atom is 0.313 e. The van der Waals surface area contributed by atoms with Gasteiger partial charge in [-0.2, -0.15) is 11.3 Å². The summed E-state index contributed by atoms with van der Waals surface area (Å²) in [6, 6.07) is 1.96. The first kappa shape index (κ1) is 18.3. The molecule has 0 radical (unpaired) electrons. The SMILES string of the molecule is CCOC(=O)Cc1oc(C2=CN(C)C(N(C)C)N=C2)nc1-c1ccsc1. The van der Waals surface area contributed by atoms with Crippen LogP contribution in [0.5, 0.6) is 0 Å². The number of nitrogens with zero attached hydrogens (tertiary/aromatic N) is 4. The molecule has 3 rings (SSSR count). The molecule has 0 N–H and O–H groups in total. The molecule has 0 saturated carbocycles. The fourth-order valence-electron chi connectivity index (χ4n) is 2.74. The second-order valence-electron chi connectivity index (χ2n) is 6.12. The van der Waals surface area contributed by atoms with Crippen molar-refractivity contribution >= 4 is 29.1 Å². The van der Waals surface area contributed by atoms with Crippen molar-refractivity contribution < 1.29 is 13.9 Å². The lowest BCUT2D eigenvalue weighted by Crippen LogP contribution is -2.40. The molecule has 0 aliphatic carbocycles. The van der Waals surface area contributed by atoms with E-state index in [1.807, 2.05) is 54.0 Å². The number of rotatable bonds is 6. The molecule has 0 saturated heterocycles. The first-order valence-electron chi connectivity index (χ1n) is 8.31. The predicted molar refractivity (Wildman–Crippen MR) is 102 cm³/mol. The molecule has 0 bridgehead atoms. The van der Waals surface area contributed by atoms with E-state index < -0.39 is 0 Å². The van der Waals surface area contributed by atoms with E-state index in [4.69, 9.17) is 9.15 Å². The van der Waals surface area contributed by atoms with Crippen molar-refractivity contribution in [2.24, 2.45) is 4.99 Å². The quantitative estimate of drug-likeness (QED) is 0.724. The molecule has 1 aliphatic heterocycles. The summed E-state index contributed by atoms with van der Waals surface area (Å²) in [5, 5.41) is 3.95. The molecule has 1 unspecified atom stereocenters. The van der Waals surface area contributed by atoms with Gasteiger partial charge in [0, 0.05) is 30.4 Å². The highest BCUT2D eigenvalue weighted by Crippen LogP contribution is 2.30. The molecule has 2 aromatic rings. The van der Waals surface area contributed by atoms with E-state index in [1.165, 1.54) is 0 Å². The van der Waals surface area contributed by atoms with Crippen LogP contribution in [0, 0.1) is 0 Å². The van der Waals surface area contributed by atoms with Gasteiger partial charge in [-0.15, -0.1) is 0 Å². The van der Waals surface area contributed by atoms with Gasteiger partial charge in [0.25, 0.3) is 0 Å². The van der Waals surface area contributed by atoms with Gasteiger partial charge in [-0.05, 0) is 32.5 Å². The molecule has 1 aliphatic rings. The van der Waals surface area contributed by atoms with Gasteiger partial charge >= 0.3 is 5.97 Å². The summed E-state index contributed by atoms with van der Waals surface area (Å²) in [6.07, 6.45) is 3.67. The monoisotopic (exact) mass is 374 g/mol.